The summed E-state index contributed by atoms with van der Waals surface area (Å²) in [6, 6.07) is 16.1. The second kappa shape index (κ2) is 11.9. The Balaban J connectivity index is 0.00000196. The Labute approximate surface area is 197 Å². The van der Waals surface area contributed by atoms with Gasteiger partial charge in [-0.1, -0.05) is 0 Å². The van der Waals surface area contributed by atoms with Crippen molar-refractivity contribution in [1.29, 1.82) is 0 Å². The van der Waals surface area contributed by atoms with E-state index in [1.165, 1.54) is 34.2 Å². The van der Waals surface area contributed by atoms with Crippen LogP contribution in [0.5, 0.6) is 0 Å². The maximum absolute atomic E-state index is 6.28. The van der Waals surface area contributed by atoms with Gasteiger partial charge in [0.25, 0.3) is 0 Å². The molecule has 0 amide bonds. The average molecular weight is 513 g/mol. The molecule has 0 saturated heterocycles. The Bertz CT molecular complexity index is 790. The standard InChI is InChI=1S/C21H23.C2H7OSi.2ClH.Zr/c1-4-15(3)17-9-11-18(12-10-17)20-8-6-7-19-13-16(5-2)14-21(19)20;1-4(2)3;;;/h6-15H,4-5H2,1-3H3;4H,1-2H3;2*1H;/q;-1;;;+3/p-2. The molecule has 5 heteroatoms. The molecule has 2 unspecified atom stereocenters. The molecular weight excluding hydrogens is 482 g/mol. The number of benzene rings is 2. The first-order valence-electron chi connectivity index (χ1n) is 9.90. The number of allylic oxidation sites excluding steroid dienone is 1. The Morgan fingerprint density at radius 3 is 2.29 bits per heavy atom. The van der Waals surface area contributed by atoms with Crippen molar-refractivity contribution in [2.24, 2.45) is 0 Å². The van der Waals surface area contributed by atoms with Gasteiger partial charge in [0.1, 0.15) is 0 Å². The fourth-order valence-electron chi connectivity index (χ4n) is 3.59. The van der Waals surface area contributed by atoms with Crippen molar-refractivity contribution < 1.29 is 51.0 Å². The van der Waals surface area contributed by atoms with Crippen LogP contribution in [0.1, 0.15) is 59.8 Å². The molecule has 0 aliphatic heterocycles. The van der Waals surface area contributed by atoms with Gasteiger partial charge in [0.05, 0.1) is 0 Å². The Kier molecular flexibility index (Phi) is 11.0. The Hall–Kier alpha value is -0.180. The fraction of sp³-hybridized carbons (Fsp3) is 0.391. The van der Waals surface area contributed by atoms with Crippen LogP contribution in [0.25, 0.3) is 17.2 Å². The van der Waals surface area contributed by atoms with Crippen molar-refractivity contribution >= 4 is 15.1 Å². The SMILES string of the molecule is CCC1=Cc2c(-c3ccc(C(C)CC)cc3)cccc2[CH]1[Zr+2][O][SiH](C)C.[Cl-].[Cl-]. The summed E-state index contributed by atoms with van der Waals surface area (Å²) < 4.78 is 6.89. The van der Waals surface area contributed by atoms with Gasteiger partial charge in [-0.2, -0.15) is 0 Å². The number of fused-ring (bicyclic) bond motifs is 1. The molecule has 1 aliphatic rings. The molecule has 0 N–H and O–H groups in total. The first-order valence-corrected chi connectivity index (χ1v) is 15.1. The van der Waals surface area contributed by atoms with E-state index in [1.54, 1.807) is 5.57 Å². The summed E-state index contributed by atoms with van der Waals surface area (Å²) in [4.78, 5) is 0. The Morgan fingerprint density at radius 2 is 1.71 bits per heavy atom. The molecule has 2 aromatic rings. The second-order valence-electron chi connectivity index (χ2n) is 7.53. The fourth-order valence-corrected chi connectivity index (χ4v) is 9.02. The summed E-state index contributed by atoms with van der Waals surface area (Å²) in [5, 5.41) is 0. The zero-order chi connectivity index (χ0) is 18.7. The molecule has 150 valence electrons. The van der Waals surface area contributed by atoms with Crippen LogP contribution in [0.3, 0.4) is 0 Å². The minimum atomic E-state index is -0.922. The van der Waals surface area contributed by atoms with E-state index in [1.807, 2.05) is 0 Å². The molecule has 0 aromatic heterocycles. The van der Waals surface area contributed by atoms with Crippen molar-refractivity contribution in [2.75, 3.05) is 0 Å². The van der Waals surface area contributed by atoms with Crippen molar-refractivity contribution in [3.05, 3.63) is 64.7 Å². The third-order valence-electron chi connectivity index (χ3n) is 5.38. The smallest absolute Gasteiger partial charge is 1.00 e. The molecule has 2 aromatic carbocycles. The summed E-state index contributed by atoms with van der Waals surface area (Å²) in [7, 11) is -0.922. The zero-order valence-corrected chi connectivity index (χ0v) is 22.6. The summed E-state index contributed by atoms with van der Waals surface area (Å²) in [6.45, 7) is 11.4. The van der Waals surface area contributed by atoms with Crippen LogP contribution in [0, 0.1) is 0 Å². The molecule has 0 radical (unpaired) electrons. The van der Waals surface area contributed by atoms with Crippen LogP contribution in [-0.2, 0) is 26.2 Å². The van der Waals surface area contributed by atoms with Crippen molar-refractivity contribution in [3.8, 4) is 11.1 Å². The van der Waals surface area contributed by atoms with Gasteiger partial charge in [-0.15, -0.1) is 0 Å². The van der Waals surface area contributed by atoms with Crippen LogP contribution in [0.4, 0.5) is 0 Å². The maximum atomic E-state index is 6.28. The predicted molar refractivity (Wildman–Crippen MR) is 112 cm³/mol. The van der Waals surface area contributed by atoms with Gasteiger partial charge in [-0.05, 0) is 0 Å². The van der Waals surface area contributed by atoms with Crippen LogP contribution in [0.15, 0.2) is 48.0 Å². The monoisotopic (exact) mass is 510 g/mol. The molecular formula is C23H30Cl2OSiZr. The maximum Gasteiger partial charge on any atom is -1.00 e. The van der Waals surface area contributed by atoms with Gasteiger partial charge in [0.2, 0.25) is 0 Å². The van der Waals surface area contributed by atoms with Crippen LogP contribution in [-0.4, -0.2) is 9.04 Å². The van der Waals surface area contributed by atoms with Crippen molar-refractivity contribution in [3.63, 3.8) is 0 Å². The van der Waals surface area contributed by atoms with Gasteiger partial charge in [-0.3, -0.25) is 0 Å². The summed E-state index contributed by atoms with van der Waals surface area (Å²) >= 11 is -0.861. The summed E-state index contributed by atoms with van der Waals surface area (Å²) in [5.41, 5.74) is 8.71. The predicted octanol–water partition coefficient (Wildman–Crippen LogP) is 0.721. The van der Waals surface area contributed by atoms with E-state index in [9.17, 15) is 0 Å². The molecule has 1 nitrogen and oxygen atoms in total. The normalized spacial score (nSPS) is 15.8. The largest absolute Gasteiger partial charge is 1.00 e. The zero-order valence-electron chi connectivity index (χ0n) is 17.4. The van der Waals surface area contributed by atoms with E-state index in [0.29, 0.717) is 9.54 Å². The van der Waals surface area contributed by atoms with E-state index in [4.69, 9.17) is 2.50 Å². The van der Waals surface area contributed by atoms with E-state index < -0.39 is 32.7 Å². The van der Waals surface area contributed by atoms with E-state index in [2.05, 4.69) is 82.4 Å². The topological polar surface area (TPSA) is 9.23 Å². The van der Waals surface area contributed by atoms with E-state index >= 15 is 0 Å². The number of halogens is 2. The molecule has 3 rings (SSSR count). The van der Waals surface area contributed by atoms with Gasteiger partial charge in [0.15, 0.2) is 0 Å². The first-order chi connectivity index (χ1) is 12.5. The third kappa shape index (κ3) is 5.70. The Morgan fingerprint density at radius 1 is 1.04 bits per heavy atom. The molecule has 0 bridgehead atoms. The number of rotatable bonds is 7. The van der Waals surface area contributed by atoms with Crippen LogP contribution < -0.4 is 24.8 Å². The molecule has 0 heterocycles. The van der Waals surface area contributed by atoms with Crippen LogP contribution >= 0.6 is 0 Å². The van der Waals surface area contributed by atoms with Crippen LogP contribution in [0.2, 0.25) is 13.1 Å². The van der Waals surface area contributed by atoms with E-state index in [0.717, 1.165) is 6.42 Å². The molecule has 0 saturated carbocycles. The second-order valence-corrected chi connectivity index (χ2v) is 13.6. The van der Waals surface area contributed by atoms with Crippen molar-refractivity contribution in [1.82, 2.24) is 0 Å². The van der Waals surface area contributed by atoms with Gasteiger partial charge < -0.3 is 24.8 Å². The van der Waals surface area contributed by atoms with Gasteiger partial charge in [0, 0.05) is 0 Å². The van der Waals surface area contributed by atoms with E-state index in [-0.39, 0.29) is 24.8 Å². The summed E-state index contributed by atoms with van der Waals surface area (Å²) in [6.07, 6.45) is 4.79. The number of hydrogen-bond acceptors (Lipinski definition) is 1. The van der Waals surface area contributed by atoms with Crippen molar-refractivity contribution in [2.45, 2.75) is 56.3 Å². The first kappa shape index (κ1) is 25.9. The minimum Gasteiger partial charge on any atom is -1.00 e. The molecule has 2 atom stereocenters. The minimum absolute atomic E-state index is 0. The quantitative estimate of drug-likeness (QED) is 0.497. The molecule has 0 fully saturated rings. The molecule has 0 spiro atoms. The molecule has 1 aliphatic carbocycles. The van der Waals surface area contributed by atoms with Gasteiger partial charge in [-0.25, -0.2) is 0 Å². The number of hydrogen-bond donors (Lipinski definition) is 0. The third-order valence-corrected chi connectivity index (χ3v) is 12.7. The summed E-state index contributed by atoms with van der Waals surface area (Å²) in [5.74, 6) is 0.631. The van der Waals surface area contributed by atoms with Gasteiger partial charge >= 0.3 is 173 Å². The average Bonchev–Trinajstić information content (AvgIpc) is 3.03. The molecule has 28 heavy (non-hydrogen) atoms.